The molecule has 0 aliphatic carbocycles. The van der Waals surface area contributed by atoms with Crippen LogP contribution in [0.3, 0.4) is 0 Å². The molecule has 0 aliphatic heterocycles. The highest BCUT2D eigenvalue weighted by atomic mass is 35.5. The molecule has 0 fully saturated rings. The Morgan fingerprint density at radius 2 is 2.12 bits per heavy atom. The lowest BCUT2D eigenvalue weighted by atomic mass is 10.2. The molecule has 0 spiro atoms. The minimum Gasteiger partial charge on any atom is -0.395 e. The fourth-order valence-electron chi connectivity index (χ4n) is 1.49. The van der Waals surface area contributed by atoms with Gasteiger partial charge in [0.15, 0.2) is 0 Å². The molecule has 5 heteroatoms. The molecule has 1 heterocycles. The van der Waals surface area contributed by atoms with E-state index in [9.17, 15) is 0 Å². The minimum atomic E-state index is -0.112. The Bertz CT molecular complexity index is 345. The number of anilines is 1. The number of aliphatic hydroxyl groups is 2. The van der Waals surface area contributed by atoms with Crippen LogP contribution in [0.15, 0.2) is 12.3 Å². The lowest BCUT2D eigenvalue weighted by Gasteiger charge is -2.27. The monoisotopic (exact) mass is 244 g/mol. The standard InChI is InChI=1S/C11H17ClN2O2/c1-8(2)14(3-4-15)11-5-9(7-16)10(12)6-13-11/h5-6,8,15-16H,3-4,7H2,1-2H3. The quantitative estimate of drug-likeness (QED) is 0.823. The van der Waals surface area contributed by atoms with Gasteiger partial charge in [-0.05, 0) is 19.9 Å². The Morgan fingerprint density at radius 3 is 2.62 bits per heavy atom. The van der Waals surface area contributed by atoms with Gasteiger partial charge in [-0.1, -0.05) is 11.6 Å². The van der Waals surface area contributed by atoms with Crippen LogP contribution >= 0.6 is 11.6 Å². The molecule has 0 radical (unpaired) electrons. The van der Waals surface area contributed by atoms with Crippen molar-refractivity contribution in [1.29, 1.82) is 0 Å². The van der Waals surface area contributed by atoms with Crippen molar-refractivity contribution in [2.24, 2.45) is 0 Å². The second kappa shape index (κ2) is 6.03. The summed E-state index contributed by atoms with van der Waals surface area (Å²) in [7, 11) is 0. The average molecular weight is 245 g/mol. The summed E-state index contributed by atoms with van der Waals surface area (Å²) in [5.74, 6) is 0.720. The van der Waals surface area contributed by atoms with E-state index >= 15 is 0 Å². The number of pyridine rings is 1. The van der Waals surface area contributed by atoms with E-state index in [-0.39, 0.29) is 19.3 Å². The van der Waals surface area contributed by atoms with Crippen LogP contribution in [0.1, 0.15) is 19.4 Å². The lowest BCUT2D eigenvalue weighted by molar-refractivity contribution is 0.281. The summed E-state index contributed by atoms with van der Waals surface area (Å²) in [5.41, 5.74) is 0.648. The molecule has 0 aromatic carbocycles. The SMILES string of the molecule is CC(C)N(CCO)c1cc(CO)c(Cl)cn1. The van der Waals surface area contributed by atoms with Crippen molar-refractivity contribution in [2.75, 3.05) is 18.1 Å². The van der Waals surface area contributed by atoms with Gasteiger partial charge < -0.3 is 15.1 Å². The average Bonchev–Trinajstić information content (AvgIpc) is 2.26. The Labute approximate surface area is 100 Å². The number of rotatable bonds is 5. The van der Waals surface area contributed by atoms with Crippen molar-refractivity contribution in [2.45, 2.75) is 26.5 Å². The Hall–Kier alpha value is -0.840. The Kier molecular flexibility index (Phi) is 4.99. The number of nitrogens with zero attached hydrogens (tertiary/aromatic N) is 2. The fourth-order valence-corrected chi connectivity index (χ4v) is 1.65. The minimum absolute atomic E-state index is 0.0664. The molecule has 0 unspecified atom stereocenters. The number of hydrogen-bond donors (Lipinski definition) is 2. The van der Waals surface area contributed by atoms with Crippen LogP contribution < -0.4 is 4.90 Å². The molecule has 16 heavy (non-hydrogen) atoms. The number of aliphatic hydroxyl groups excluding tert-OH is 2. The molecule has 0 saturated heterocycles. The zero-order valence-electron chi connectivity index (χ0n) is 9.52. The summed E-state index contributed by atoms with van der Waals surface area (Å²) in [6.07, 6.45) is 1.52. The zero-order valence-corrected chi connectivity index (χ0v) is 10.3. The molecule has 2 N–H and O–H groups in total. The Balaban J connectivity index is 3.00. The van der Waals surface area contributed by atoms with Gasteiger partial charge in [-0.2, -0.15) is 0 Å². The van der Waals surface area contributed by atoms with Crippen molar-refractivity contribution >= 4 is 17.4 Å². The first-order valence-electron chi connectivity index (χ1n) is 5.23. The smallest absolute Gasteiger partial charge is 0.129 e. The van der Waals surface area contributed by atoms with E-state index in [0.717, 1.165) is 5.82 Å². The molecule has 90 valence electrons. The number of halogens is 1. The topological polar surface area (TPSA) is 56.6 Å². The second-order valence-corrected chi connectivity index (χ2v) is 4.21. The lowest BCUT2D eigenvalue weighted by Crippen LogP contribution is -2.34. The largest absolute Gasteiger partial charge is 0.395 e. The summed E-state index contributed by atoms with van der Waals surface area (Å²) in [6.45, 7) is 4.50. The molecule has 0 amide bonds. The first kappa shape index (κ1) is 13.2. The second-order valence-electron chi connectivity index (χ2n) is 3.80. The van der Waals surface area contributed by atoms with E-state index < -0.39 is 0 Å². The van der Waals surface area contributed by atoms with Gasteiger partial charge in [0.25, 0.3) is 0 Å². The van der Waals surface area contributed by atoms with E-state index in [1.54, 1.807) is 6.07 Å². The molecule has 0 aliphatic rings. The highest BCUT2D eigenvalue weighted by Crippen LogP contribution is 2.21. The van der Waals surface area contributed by atoms with Gasteiger partial charge in [0, 0.05) is 24.3 Å². The van der Waals surface area contributed by atoms with Crippen LogP contribution in [-0.4, -0.2) is 34.4 Å². The molecule has 0 bridgehead atoms. The maximum atomic E-state index is 9.11. The van der Waals surface area contributed by atoms with Crippen LogP contribution in [0.2, 0.25) is 5.02 Å². The summed E-state index contributed by atoms with van der Waals surface area (Å²) in [6, 6.07) is 1.98. The summed E-state index contributed by atoms with van der Waals surface area (Å²) in [4.78, 5) is 6.15. The van der Waals surface area contributed by atoms with Gasteiger partial charge >= 0.3 is 0 Å². The van der Waals surface area contributed by atoms with Gasteiger partial charge in [-0.3, -0.25) is 0 Å². The maximum absolute atomic E-state index is 9.11. The third-order valence-corrected chi connectivity index (χ3v) is 2.69. The zero-order chi connectivity index (χ0) is 12.1. The van der Waals surface area contributed by atoms with Crippen molar-refractivity contribution in [3.63, 3.8) is 0 Å². The van der Waals surface area contributed by atoms with Crippen molar-refractivity contribution in [1.82, 2.24) is 4.98 Å². The molecule has 4 nitrogen and oxygen atoms in total. The van der Waals surface area contributed by atoms with E-state index in [0.29, 0.717) is 17.1 Å². The highest BCUT2D eigenvalue weighted by molar-refractivity contribution is 6.31. The van der Waals surface area contributed by atoms with E-state index in [2.05, 4.69) is 4.98 Å². The van der Waals surface area contributed by atoms with Crippen LogP contribution in [0, 0.1) is 0 Å². The molecule has 1 rings (SSSR count). The molecule has 1 aromatic rings. The van der Waals surface area contributed by atoms with E-state index in [4.69, 9.17) is 21.8 Å². The summed E-state index contributed by atoms with van der Waals surface area (Å²) < 4.78 is 0. The van der Waals surface area contributed by atoms with E-state index in [1.165, 1.54) is 6.20 Å². The van der Waals surface area contributed by atoms with E-state index in [1.807, 2.05) is 18.7 Å². The predicted molar refractivity (Wildman–Crippen MR) is 64.7 cm³/mol. The molecular formula is C11H17ClN2O2. The first-order chi connectivity index (χ1) is 7.60. The van der Waals surface area contributed by atoms with Crippen molar-refractivity contribution in [3.8, 4) is 0 Å². The highest BCUT2D eigenvalue weighted by Gasteiger charge is 2.12. The number of hydrogen-bond acceptors (Lipinski definition) is 4. The fraction of sp³-hybridized carbons (Fsp3) is 0.545. The maximum Gasteiger partial charge on any atom is 0.129 e. The Morgan fingerprint density at radius 1 is 1.44 bits per heavy atom. The third kappa shape index (κ3) is 3.07. The summed E-state index contributed by atoms with van der Waals surface area (Å²) in [5, 5.41) is 18.6. The normalized spacial score (nSPS) is 10.9. The first-order valence-corrected chi connectivity index (χ1v) is 5.60. The molecule has 0 saturated carbocycles. The van der Waals surface area contributed by atoms with Crippen molar-refractivity contribution in [3.05, 3.63) is 22.8 Å². The molecule has 0 atom stereocenters. The van der Waals surface area contributed by atoms with Crippen LogP contribution in [0.4, 0.5) is 5.82 Å². The third-order valence-electron chi connectivity index (χ3n) is 2.35. The van der Waals surface area contributed by atoms with Crippen molar-refractivity contribution < 1.29 is 10.2 Å². The van der Waals surface area contributed by atoms with Crippen LogP contribution in [0.25, 0.3) is 0 Å². The predicted octanol–water partition coefficient (Wildman–Crippen LogP) is 1.43. The molecular weight excluding hydrogens is 228 g/mol. The van der Waals surface area contributed by atoms with Crippen LogP contribution in [0.5, 0.6) is 0 Å². The van der Waals surface area contributed by atoms with Gasteiger partial charge in [-0.25, -0.2) is 4.98 Å². The summed E-state index contributed by atoms with van der Waals surface area (Å²) >= 11 is 5.87. The van der Waals surface area contributed by atoms with Crippen LogP contribution in [-0.2, 0) is 6.61 Å². The van der Waals surface area contributed by atoms with Gasteiger partial charge in [-0.15, -0.1) is 0 Å². The van der Waals surface area contributed by atoms with Gasteiger partial charge in [0.05, 0.1) is 18.2 Å². The van der Waals surface area contributed by atoms with Gasteiger partial charge in [0.2, 0.25) is 0 Å². The molecule has 1 aromatic heterocycles. The van der Waals surface area contributed by atoms with Gasteiger partial charge in [0.1, 0.15) is 5.82 Å². The number of aromatic nitrogens is 1.